The van der Waals surface area contributed by atoms with Gasteiger partial charge < -0.3 is 14.4 Å². The van der Waals surface area contributed by atoms with Crippen LogP contribution in [0, 0.1) is 0 Å². The summed E-state index contributed by atoms with van der Waals surface area (Å²) in [5, 5.41) is 0. The van der Waals surface area contributed by atoms with E-state index in [0.717, 1.165) is 24.9 Å². The molecule has 26 heavy (non-hydrogen) atoms. The number of rotatable bonds is 6. The number of ether oxygens (including phenoxy) is 1. The maximum absolute atomic E-state index is 12.7. The van der Waals surface area contributed by atoms with Crippen LogP contribution in [0.2, 0.25) is 0 Å². The van der Waals surface area contributed by atoms with E-state index in [1.54, 1.807) is 13.8 Å². The third-order valence-corrected chi connectivity index (χ3v) is 4.79. The van der Waals surface area contributed by atoms with Crippen molar-refractivity contribution in [3.63, 3.8) is 0 Å². The molecule has 2 aromatic rings. The average molecular weight is 351 g/mol. The summed E-state index contributed by atoms with van der Waals surface area (Å²) in [5.74, 6) is 0.877. The van der Waals surface area contributed by atoms with E-state index in [4.69, 9.17) is 4.74 Å². The molecule has 0 saturated carbocycles. The van der Waals surface area contributed by atoms with Crippen molar-refractivity contribution in [2.75, 3.05) is 6.54 Å². The molecular weight excluding hydrogens is 326 g/mol. The minimum Gasteiger partial charge on any atom is -0.481 e. The number of nitrogens with zero attached hydrogens (tertiary/aromatic N) is 1. The minimum absolute atomic E-state index is 0.0140. The number of hydrogen-bond donors (Lipinski definition) is 0. The smallest absolute Gasteiger partial charge is 0.263 e. The zero-order chi connectivity index (χ0) is 18.5. The lowest BCUT2D eigenvalue weighted by Crippen LogP contribution is -2.43. The van der Waals surface area contributed by atoms with E-state index in [9.17, 15) is 9.59 Å². The molecule has 136 valence electrons. The number of Topliss-reactive ketones (excluding diaryl/α,β-unsaturated/α-hetero) is 1. The lowest BCUT2D eigenvalue weighted by molar-refractivity contribution is -0.138. The van der Waals surface area contributed by atoms with Crippen LogP contribution in [0.3, 0.4) is 0 Å². The van der Waals surface area contributed by atoms with Gasteiger partial charge in [-0.2, -0.15) is 0 Å². The Bertz CT molecular complexity index is 782. The van der Waals surface area contributed by atoms with Gasteiger partial charge in [0, 0.05) is 19.5 Å². The van der Waals surface area contributed by atoms with Gasteiger partial charge in [-0.05, 0) is 55.5 Å². The van der Waals surface area contributed by atoms with Crippen LogP contribution in [0.25, 0.3) is 0 Å². The lowest BCUT2D eigenvalue weighted by Gasteiger charge is -2.31. The second-order valence-electron chi connectivity index (χ2n) is 6.88. The number of ketones is 1. The SMILES string of the molecule is CC(=O)CCc1ccc(OC(C)C(=O)N2CCc3ccccc3C2)cc1. The molecule has 1 atom stereocenters. The van der Waals surface area contributed by atoms with Crippen LogP contribution >= 0.6 is 0 Å². The Morgan fingerprint density at radius 2 is 1.77 bits per heavy atom. The number of benzene rings is 2. The summed E-state index contributed by atoms with van der Waals surface area (Å²) in [4.78, 5) is 25.7. The standard InChI is InChI=1S/C22H25NO3/c1-16(24)7-8-18-9-11-21(12-10-18)26-17(2)22(25)23-14-13-19-5-3-4-6-20(19)15-23/h3-6,9-12,17H,7-8,13-15H2,1-2H3. The van der Waals surface area contributed by atoms with Crippen molar-refractivity contribution >= 4 is 11.7 Å². The van der Waals surface area contributed by atoms with Gasteiger partial charge in [0.15, 0.2) is 6.10 Å². The molecule has 4 nitrogen and oxygen atoms in total. The highest BCUT2D eigenvalue weighted by Gasteiger charge is 2.25. The number of aryl methyl sites for hydroxylation is 1. The summed E-state index contributed by atoms with van der Waals surface area (Å²) in [6, 6.07) is 15.9. The van der Waals surface area contributed by atoms with Gasteiger partial charge in [-0.25, -0.2) is 0 Å². The van der Waals surface area contributed by atoms with Gasteiger partial charge in [-0.3, -0.25) is 4.79 Å². The molecule has 0 radical (unpaired) electrons. The Morgan fingerprint density at radius 3 is 2.46 bits per heavy atom. The van der Waals surface area contributed by atoms with Crippen molar-refractivity contribution in [1.82, 2.24) is 4.90 Å². The van der Waals surface area contributed by atoms with Crippen molar-refractivity contribution in [2.24, 2.45) is 0 Å². The maximum Gasteiger partial charge on any atom is 0.263 e. The van der Waals surface area contributed by atoms with E-state index in [-0.39, 0.29) is 11.7 Å². The Labute approximate surface area is 154 Å². The van der Waals surface area contributed by atoms with Crippen LogP contribution < -0.4 is 4.74 Å². The molecule has 0 aliphatic carbocycles. The molecule has 0 aromatic heterocycles. The summed E-state index contributed by atoms with van der Waals surface area (Å²) >= 11 is 0. The number of amides is 1. The molecule has 0 fully saturated rings. The number of fused-ring (bicyclic) bond motifs is 1. The highest BCUT2D eigenvalue weighted by molar-refractivity contribution is 5.81. The van der Waals surface area contributed by atoms with Gasteiger partial charge >= 0.3 is 0 Å². The van der Waals surface area contributed by atoms with Crippen LogP contribution in [0.15, 0.2) is 48.5 Å². The Kier molecular flexibility index (Phi) is 5.71. The fourth-order valence-electron chi connectivity index (χ4n) is 3.25. The zero-order valence-corrected chi connectivity index (χ0v) is 15.4. The second-order valence-corrected chi connectivity index (χ2v) is 6.88. The van der Waals surface area contributed by atoms with Gasteiger partial charge in [0.05, 0.1) is 0 Å². The van der Waals surface area contributed by atoms with E-state index in [1.165, 1.54) is 11.1 Å². The minimum atomic E-state index is -0.525. The van der Waals surface area contributed by atoms with Gasteiger partial charge in [0.2, 0.25) is 0 Å². The Hall–Kier alpha value is -2.62. The first-order chi connectivity index (χ1) is 12.5. The van der Waals surface area contributed by atoms with E-state index in [1.807, 2.05) is 41.3 Å². The fourth-order valence-corrected chi connectivity index (χ4v) is 3.25. The van der Waals surface area contributed by atoms with Crippen LogP contribution in [0.5, 0.6) is 5.75 Å². The maximum atomic E-state index is 12.7. The molecular formula is C22H25NO3. The molecule has 0 bridgehead atoms. The quantitative estimate of drug-likeness (QED) is 0.799. The van der Waals surface area contributed by atoms with Gasteiger partial charge in [-0.15, -0.1) is 0 Å². The van der Waals surface area contributed by atoms with E-state index >= 15 is 0 Å². The molecule has 1 aliphatic heterocycles. The third kappa shape index (κ3) is 4.51. The van der Waals surface area contributed by atoms with Crippen LogP contribution in [-0.4, -0.2) is 29.2 Å². The molecule has 4 heteroatoms. The van der Waals surface area contributed by atoms with Crippen molar-refractivity contribution < 1.29 is 14.3 Å². The topological polar surface area (TPSA) is 46.6 Å². The van der Waals surface area contributed by atoms with Gasteiger partial charge in [0.1, 0.15) is 11.5 Å². The van der Waals surface area contributed by atoms with E-state index in [2.05, 4.69) is 12.1 Å². The summed E-state index contributed by atoms with van der Waals surface area (Å²) in [5.41, 5.74) is 3.64. The molecule has 1 amide bonds. The molecule has 2 aromatic carbocycles. The lowest BCUT2D eigenvalue weighted by atomic mass is 9.99. The normalized spacial score (nSPS) is 14.5. The van der Waals surface area contributed by atoms with E-state index < -0.39 is 6.10 Å². The summed E-state index contributed by atoms with van der Waals surface area (Å²) in [6.07, 6.45) is 1.64. The van der Waals surface area contributed by atoms with E-state index in [0.29, 0.717) is 18.7 Å². The third-order valence-electron chi connectivity index (χ3n) is 4.79. The average Bonchev–Trinajstić information content (AvgIpc) is 2.66. The predicted molar refractivity (Wildman–Crippen MR) is 101 cm³/mol. The second kappa shape index (κ2) is 8.17. The molecule has 1 aliphatic rings. The van der Waals surface area contributed by atoms with Crippen molar-refractivity contribution in [1.29, 1.82) is 0 Å². The largest absolute Gasteiger partial charge is 0.481 e. The highest BCUT2D eigenvalue weighted by Crippen LogP contribution is 2.21. The van der Waals surface area contributed by atoms with Crippen LogP contribution in [-0.2, 0) is 29.0 Å². The van der Waals surface area contributed by atoms with Crippen molar-refractivity contribution in [3.8, 4) is 5.75 Å². The first kappa shape index (κ1) is 18.2. The first-order valence-electron chi connectivity index (χ1n) is 9.13. The number of carbonyl (C=O) groups is 2. The van der Waals surface area contributed by atoms with Crippen LogP contribution in [0.4, 0.5) is 0 Å². The Morgan fingerprint density at radius 1 is 1.08 bits per heavy atom. The molecule has 1 unspecified atom stereocenters. The zero-order valence-electron chi connectivity index (χ0n) is 15.4. The van der Waals surface area contributed by atoms with Gasteiger partial charge in [-0.1, -0.05) is 36.4 Å². The Balaban J connectivity index is 1.57. The fraction of sp³-hybridized carbons (Fsp3) is 0.364. The van der Waals surface area contributed by atoms with Crippen molar-refractivity contribution in [2.45, 2.75) is 45.8 Å². The number of hydrogen-bond acceptors (Lipinski definition) is 3. The number of carbonyl (C=O) groups excluding carboxylic acids is 2. The van der Waals surface area contributed by atoms with Gasteiger partial charge in [0.25, 0.3) is 5.91 Å². The highest BCUT2D eigenvalue weighted by atomic mass is 16.5. The molecule has 0 N–H and O–H groups in total. The molecule has 0 saturated heterocycles. The predicted octanol–water partition coefficient (Wildman–Crippen LogP) is 3.56. The molecule has 1 heterocycles. The monoisotopic (exact) mass is 351 g/mol. The summed E-state index contributed by atoms with van der Waals surface area (Å²) < 4.78 is 5.84. The van der Waals surface area contributed by atoms with Crippen molar-refractivity contribution in [3.05, 3.63) is 65.2 Å². The molecule has 3 rings (SSSR count). The summed E-state index contributed by atoms with van der Waals surface area (Å²) in [6.45, 7) is 4.77. The summed E-state index contributed by atoms with van der Waals surface area (Å²) in [7, 11) is 0. The molecule has 0 spiro atoms. The first-order valence-corrected chi connectivity index (χ1v) is 9.13. The van der Waals surface area contributed by atoms with Crippen LogP contribution in [0.1, 0.15) is 37.0 Å².